The van der Waals surface area contributed by atoms with E-state index in [1.54, 1.807) is 0 Å². The Bertz CT molecular complexity index is 1040. The van der Waals surface area contributed by atoms with Crippen LogP contribution in [0.2, 0.25) is 0 Å². The fourth-order valence-electron chi connectivity index (χ4n) is 2.21. The van der Waals surface area contributed by atoms with Crippen molar-refractivity contribution in [2.24, 2.45) is 0 Å². The lowest BCUT2D eigenvalue weighted by Crippen LogP contribution is -2.23. The molecule has 0 aliphatic carbocycles. The second-order valence-corrected chi connectivity index (χ2v) is 10.7. The molecule has 0 aliphatic rings. The van der Waals surface area contributed by atoms with Crippen molar-refractivity contribution in [3.8, 4) is 0 Å². The first-order chi connectivity index (χ1) is 14.8. The van der Waals surface area contributed by atoms with Gasteiger partial charge < -0.3 is 20.5 Å². The number of hydrogen-bond donors (Lipinski definition) is 2. The molecule has 2 N–H and O–H groups in total. The third-order valence-electron chi connectivity index (χ3n) is 3.40. The molecular formula is C17H15N6O4S4-. The van der Waals surface area contributed by atoms with Crippen LogP contribution < -0.4 is 15.7 Å². The summed E-state index contributed by atoms with van der Waals surface area (Å²) in [4.78, 5) is 35.8. The number of anilines is 2. The normalized spacial score (nSPS) is 10.6. The third-order valence-corrected chi connectivity index (χ3v) is 7.35. The van der Waals surface area contributed by atoms with Crippen LogP contribution in [-0.2, 0) is 9.59 Å². The second kappa shape index (κ2) is 10.7. The van der Waals surface area contributed by atoms with Crippen LogP contribution in [0.25, 0.3) is 0 Å². The SMILES string of the molecule is Cc1nnc(SCC(=O)Nc2cc(NC(=O)CSc3nnc(C)s3)cc(C(=O)[O-])c2)s1. The predicted molar refractivity (Wildman–Crippen MR) is 119 cm³/mol. The highest BCUT2D eigenvalue weighted by Gasteiger charge is 2.11. The number of aromatic carboxylic acids is 1. The number of carboxylic acids is 1. The van der Waals surface area contributed by atoms with Crippen LogP contribution in [0.4, 0.5) is 11.4 Å². The summed E-state index contributed by atoms with van der Waals surface area (Å²) in [6.07, 6.45) is 0. The van der Waals surface area contributed by atoms with E-state index in [4.69, 9.17) is 0 Å². The second-order valence-electron chi connectivity index (χ2n) is 5.93. The molecule has 0 fully saturated rings. The molecule has 2 amide bonds. The quantitative estimate of drug-likeness (QED) is 0.421. The maximum Gasteiger partial charge on any atom is 0.234 e. The summed E-state index contributed by atoms with van der Waals surface area (Å²) in [7, 11) is 0. The summed E-state index contributed by atoms with van der Waals surface area (Å²) in [5, 5.41) is 33.8. The van der Waals surface area contributed by atoms with E-state index in [9.17, 15) is 19.5 Å². The van der Waals surface area contributed by atoms with Gasteiger partial charge in [0.25, 0.3) is 0 Å². The Morgan fingerprint density at radius 2 is 1.29 bits per heavy atom. The summed E-state index contributed by atoms with van der Waals surface area (Å²) in [6, 6.07) is 4.00. The molecule has 0 bridgehead atoms. The number of hydrogen-bond acceptors (Lipinski definition) is 12. The molecule has 0 aliphatic heterocycles. The minimum absolute atomic E-state index is 0.0732. The van der Waals surface area contributed by atoms with Crippen molar-refractivity contribution >= 4 is 75.4 Å². The van der Waals surface area contributed by atoms with Gasteiger partial charge >= 0.3 is 0 Å². The van der Waals surface area contributed by atoms with Crippen LogP contribution in [-0.4, -0.2) is 49.7 Å². The van der Waals surface area contributed by atoms with Crippen molar-refractivity contribution in [3.63, 3.8) is 0 Å². The van der Waals surface area contributed by atoms with Gasteiger partial charge in [-0.1, -0.05) is 46.2 Å². The van der Waals surface area contributed by atoms with Crippen LogP contribution in [0, 0.1) is 13.8 Å². The fraction of sp³-hybridized carbons (Fsp3) is 0.235. The minimum Gasteiger partial charge on any atom is -0.545 e. The smallest absolute Gasteiger partial charge is 0.234 e. The first-order valence-corrected chi connectivity index (χ1v) is 12.2. The van der Waals surface area contributed by atoms with E-state index < -0.39 is 5.97 Å². The van der Waals surface area contributed by atoms with E-state index in [1.807, 2.05) is 13.8 Å². The number of rotatable bonds is 9. The van der Waals surface area contributed by atoms with Gasteiger partial charge in [0, 0.05) is 16.9 Å². The zero-order valence-electron chi connectivity index (χ0n) is 16.2. The number of benzene rings is 1. The number of aryl methyl sites for hydroxylation is 2. The first kappa shape index (κ1) is 23.1. The van der Waals surface area contributed by atoms with Gasteiger partial charge in [-0.05, 0) is 32.0 Å². The Morgan fingerprint density at radius 1 is 0.839 bits per heavy atom. The molecule has 10 nitrogen and oxygen atoms in total. The van der Waals surface area contributed by atoms with Gasteiger partial charge in [0.05, 0.1) is 17.5 Å². The lowest BCUT2D eigenvalue weighted by Gasteiger charge is -2.12. The molecule has 1 aromatic carbocycles. The molecule has 0 atom stereocenters. The van der Waals surface area contributed by atoms with Crippen LogP contribution in [0.3, 0.4) is 0 Å². The monoisotopic (exact) mass is 495 g/mol. The van der Waals surface area contributed by atoms with Crippen molar-refractivity contribution in [1.82, 2.24) is 20.4 Å². The van der Waals surface area contributed by atoms with E-state index in [0.717, 1.165) is 10.0 Å². The van der Waals surface area contributed by atoms with Crippen molar-refractivity contribution < 1.29 is 19.5 Å². The maximum atomic E-state index is 12.2. The number of aromatic nitrogens is 4. The van der Waals surface area contributed by atoms with Crippen molar-refractivity contribution in [2.75, 3.05) is 22.1 Å². The summed E-state index contributed by atoms with van der Waals surface area (Å²) in [5.74, 6) is -1.99. The molecular weight excluding hydrogens is 480 g/mol. The number of nitrogens with one attached hydrogen (secondary N) is 2. The van der Waals surface area contributed by atoms with Gasteiger partial charge in [0.1, 0.15) is 10.0 Å². The Kier molecular flexibility index (Phi) is 7.95. The number of carbonyl (C=O) groups is 3. The molecule has 0 radical (unpaired) electrons. The van der Waals surface area contributed by atoms with Crippen molar-refractivity contribution in [2.45, 2.75) is 22.5 Å². The third kappa shape index (κ3) is 7.27. The molecule has 3 aromatic rings. The number of carboxylic acid groups (broad SMARTS) is 1. The van der Waals surface area contributed by atoms with E-state index >= 15 is 0 Å². The Balaban J connectivity index is 1.61. The topological polar surface area (TPSA) is 150 Å². The molecule has 0 unspecified atom stereocenters. The summed E-state index contributed by atoms with van der Waals surface area (Å²) < 4.78 is 1.32. The zero-order chi connectivity index (χ0) is 22.4. The maximum absolute atomic E-state index is 12.2. The van der Waals surface area contributed by atoms with Crippen molar-refractivity contribution in [1.29, 1.82) is 0 Å². The van der Waals surface area contributed by atoms with E-state index in [-0.39, 0.29) is 40.3 Å². The molecule has 162 valence electrons. The van der Waals surface area contributed by atoms with Gasteiger partial charge in [0.2, 0.25) is 11.8 Å². The predicted octanol–water partition coefficient (Wildman–Crippen LogP) is 1.83. The number of thioether (sulfide) groups is 2. The average Bonchev–Trinajstić information content (AvgIpc) is 3.32. The molecule has 2 aromatic heterocycles. The van der Waals surface area contributed by atoms with Gasteiger partial charge in [-0.25, -0.2) is 0 Å². The van der Waals surface area contributed by atoms with Gasteiger partial charge in [0.15, 0.2) is 8.68 Å². The van der Waals surface area contributed by atoms with E-state index in [2.05, 4.69) is 31.0 Å². The molecule has 3 rings (SSSR count). The number of nitrogens with zero attached hydrogens (tertiary/aromatic N) is 4. The van der Waals surface area contributed by atoms with Gasteiger partial charge in [-0.2, -0.15) is 0 Å². The van der Waals surface area contributed by atoms with E-state index in [0.29, 0.717) is 8.68 Å². The molecule has 0 saturated carbocycles. The average molecular weight is 496 g/mol. The lowest BCUT2D eigenvalue weighted by atomic mass is 10.1. The molecule has 31 heavy (non-hydrogen) atoms. The number of carbonyl (C=O) groups excluding carboxylic acids is 3. The van der Waals surface area contributed by atoms with Gasteiger partial charge in [-0.15, -0.1) is 20.4 Å². The van der Waals surface area contributed by atoms with Crippen LogP contribution in [0.1, 0.15) is 20.4 Å². The van der Waals surface area contributed by atoms with Crippen LogP contribution >= 0.6 is 46.2 Å². The minimum atomic E-state index is -1.43. The molecule has 0 saturated heterocycles. The Hall–Kier alpha value is -2.55. The summed E-state index contributed by atoms with van der Waals surface area (Å²) >= 11 is 5.19. The van der Waals surface area contributed by atoms with Gasteiger partial charge in [-0.3, -0.25) is 9.59 Å². The fourth-order valence-corrected chi connectivity index (χ4v) is 5.44. The van der Waals surface area contributed by atoms with E-state index in [1.165, 1.54) is 64.4 Å². The summed E-state index contributed by atoms with van der Waals surface area (Å²) in [6.45, 7) is 3.63. The highest BCUT2D eigenvalue weighted by Crippen LogP contribution is 2.24. The Labute approximate surface area is 193 Å². The highest BCUT2D eigenvalue weighted by atomic mass is 32.2. The highest BCUT2D eigenvalue weighted by molar-refractivity contribution is 8.01. The van der Waals surface area contributed by atoms with Crippen LogP contribution in [0.5, 0.6) is 0 Å². The summed E-state index contributed by atoms with van der Waals surface area (Å²) in [5.41, 5.74) is 0.278. The van der Waals surface area contributed by atoms with Crippen LogP contribution in [0.15, 0.2) is 26.9 Å². The number of amides is 2. The largest absolute Gasteiger partial charge is 0.545 e. The molecule has 0 spiro atoms. The van der Waals surface area contributed by atoms with Crippen molar-refractivity contribution in [3.05, 3.63) is 33.8 Å². The Morgan fingerprint density at radius 3 is 1.65 bits per heavy atom. The standard InChI is InChI=1S/C17H16N6O4S4/c1-8-20-22-16(30-8)28-6-13(24)18-11-3-10(15(26)27)4-12(5-11)19-14(25)7-29-17-23-21-9(2)31-17/h3-5H,6-7H2,1-2H3,(H,18,24)(H,19,25)(H,26,27)/p-1. The molecule has 2 heterocycles. The zero-order valence-corrected chi connectivity index (χ0v) is 19.5. The molecule has 14 heteroatoms. The first-order valence-electron chi connectivity index (χ1n) is 8.60. The lowest BCUT2D eigenvalue weighted by molar-refractivity contribution is -0.255.